The fourth-order valence-corrected chi connectivity index (χ4v) is 3.07. The van der Waals surface area contributed by atoms with E-state index in [2.05, 4.69) is 11.9 Å². The lowest BCUT2D eigenvalue weighted by Gasteiger charge is -2.34. The van der Waals surface area contributed by atoms with Crippen molar-refractivity contribution in [3.8, 4) is 0 Å². The zero-order chi connectivity index (χ0) is 15.7. The fraction of sp³-hybridized carbons (Fsp3) is 0.438. The van der Waals surface area contributed by atoms with Crippen LogP contribution in [0.5, 0.6) is 0 Å². The molecule has 1 aromatic carbocycles. The van der Waals surface area contributed by atoms with Gasteiger partial charge in [-0.25, -0.2) is 4.98 Å². The van der Waals surface area contributed by atoms with E-state index in [4.69, 9.17) is 5.11 Å². The van der Waals surface area contributed by atoms with Crippen LogP contribution in [0.15, 0.2) is 29.1 Å². The highest BCUT2D eigenvalue weighted by molar-refractivity contribution is 5.78. The number of anilines is 1. The first-order valence-corrected chi connectivity index (χ1v) is 7.56. The van der Waals surface area contributed by atoms with Gasteiger partial charge in [-0.3, -0.25) is 14.2 Å². The quantitative estimate of drug-likeness (QED) is 0.936. The second kappa shape index (κ2) is 5.79. The van der Waals surface area contributed by atoms with Gasteiger partial charge in [0, 0.05) is 12.6 Å². The van der Waals surface area contributed by atoms with Crippen molar-refractivity contribution in [2.75, 3.05) is 11.4 Å². The van der Waals surface area contributed by atoms with E-state index in [1.54, 1.807) is 12.1 Å². The molecule has 0 amide bonds. The predicted molar refractivity (Wildman–Crippen MR) is 84.3 cm³/mol. The average molecular weight is 301 g/mol. The monoisotopic (exact) mass is 301 g/mol. The number of para-hydroxylation sites is 2. The number of nitrogens with zero attached hydrogens (tertiary/aromatic N) is 3. The fourth-order valence-electron chi connectivity index (χ4n) is 3.07. The summed E-state index contributed by atoms with van der Waals surface area (Å²) in [7, 11) is 0. The number of hydrogen-bond donors (Lipinski definition) is 1. The molecule has 1 aromatic heterocycles. The number of benzene rings is 1. The van der Waals surface area contributed by atoms with Crippen molar-refractivity contribution in [2.24, 2.45) is 0 Å². The maximum absolute atomic E-state index is 12.8. The molecule has 1 aliphatic heterocycles. The van der Waals surface area contributed by atoms with Gasteiger partial charge < -0.3 is 10.0 Å². The molecule has 0 spiro atoms. The van der Waals surface area contributed by atoms with Crippen molar-refractivity contribution in [1.29, 1.82) is 0 Å². The number of fused-ring (bicyclic) bond motifs is 1. The highest BCUT2D eigenvalue weighted by atomic mass is 16.4. The summed E-state index contributed by atoms with van der Waals surface area (Å²) >= 11 is 0. The van der Waals surface area contributed by atoms with Gasteiger partial charge in [-0.15, -0.1) is 0 Å². The molecule has 1 saturated heterocycles. The van der Waals surface area contributed by atoms with Crippen molar-refractivity contribution in [2.45, 2.75) is 38.8 Å². The number of rotatable bonds is 3. The summed E-state index contributed by atoms with van der Waals surface area (Å²) in [5.74, 6) is -0.664. The summed E-state index contributed by atoms with van der Waals surface area (Å²) in [6, 6.07) is 7.41. The first kappa shape index (κ1) is 14.6. The van der Waals surface area contributed by atoms with Crippen LogP contribution in [0, 0.1) is 0 Å². The Bertz CT molecular complexity index is 769. The van der Waals surface area contributed by atoms with Crippen LogP contribution in [0.3, 0.4) is 0 Å². The third kappa shape index (κ3) is 2.56. The van der Waals surface area contributed by atoms with Crippen LogP contribution in [-0.2, 0) is 11.3 Å². The zero-order valence-corrected chi connectivity index (χ0v) is 12.5. The van der Waals surface area contributed by atoms with Crippen LogP contribution in [0.4, 0.5) is 5.82 Å². The number of carboxylic acids is 1. The lowest BCUT2D eigenvalue weighted by atomic mass is 10.0. The molecule has 0 aliphatic carbocycles. The molecule has 1 atom stereocenters. The molecular formula is C16H19N3O3. The van der Waals surface area contributed by atoms with Crippen LogP contribution >= 0.6 is 0 Å². The molecule has 0 bridgehead atoms. The standard InChI is InChI=1S/C16H19N3O3/c1-11-6-4-5-9-18(11)15-16(22)19(10-14(20)21)13-8-3-2-7-12(13)17-15/h2-3,7-8,11H,4-6,9-10H2,1H3,(H,20,21). The van der Waals surface area contributed by atoms with Gasteiger partial charge in [0.05, 0.1) is 11.0 Å². The summed E-state index contributed by atoms with van der Waals surface area (Å²) in [6.45, 7) is 2.52. The second-order valence-electron chi connectivity index (χ2n) is 5.75. The largest absolute Gasteiger partial charge is 0.480 e. The number of piperidine rings is 1. The first-order chi connectivity index (χ1) is 10.6. The van der Waals surface area contributed by atoms with Gasteiger partial charge in [0.2, 0.25) is 0 Å². The Balaban J connectivity index is 2.20. The summed E-state index contributed by atoms with van der Waals surface area (Å²) in [5, 5.41) is 9.11. The van der Waals surface area contributed by atoms with Crippen LogP contribution in [0.25, 0.3) is 11.0 Å². The molecule has 2 aromatic rings. The Morgan fingerprint density at radius 2 is 2.14 bits per heavy atom. The molecule has 0 saturated carbocycles. The summed E-state index contributed by atoms with van der Waals surface area (Å²) in [5.41, 5.74) is 0.884. The van der Waals surface area contributed by atoms with Gasteiger partial charge in [-0.1, -0.05) is 12.1 Å². The van der Waals surface area contributed by atoms with Gasteiger partial charge in [-0.05, 0) is 38.3 Å². The maximum atomic E-state index is 12.8. The van der Waals surface area contributed by atoms with Crippen molar-refractivity contribution in [3.63, 3.8) is 0 Å². The van der Waals surface area contributed by atoms with Crippen molar-refractivity contribution >= 4 is 22.8 Å². The number of carbonyl (C=O) groups is 1. The number of aromatic nitrogens is 2. The van der Waals surface area contributed by atoms with E-state index in [9.17, 15) is 9.59 Å². The third-order valence-electron chi connectivity index (χ3n) is 4.20. The number of aliphatic carboxylic acids is 1. The SMILES string of the molecule is CC1CCCCN1c1nc2ccccc2n(CC(=O)O)c1=O. The summed E-state index contributed by atoms with van der Waals surface area (Å²) in [4.78, 5) is 30.4. The average Bonchev–Trinajstić information content (AvgIpc) is 2.50. The topological polar surface area (TPSA) is 75.4 Å². The normalized spacial score (nSPS) is 18.6. The smallest absolute Gasteiger partial charge is 0.323 e. The highest BCUT2D eigenvalue weighted by Gasteiger charge is 2.24. The minimum Gasteiger partial charge on any atom is -0.480 e. The van der Waals surface area contributed by atoms with Crippen LogP contribution in [-0.4, -0.2) is 33.2 Å². The minimum atomic E-state index is -1.03. The molecular weight excluding hydrogens is 282 g/mol. The van der Waals surface area contributed by atoms with Gasteiger partial charge in [0.1, 0.15) is 6.54 Å². The van der Waals surface area contributed by atoms with Crippen LogP contribution < -0.4 is 10.5 Å². The Labute approximate surface area is 128 Å². The van der Waals surface area contributed by atoms with Gasteiger partial charge in [0.15, 0.2) is 5.82 Å². The zero-order valence-electron chi connectivity index (χ0n) is 12.5. The predicted octanol–water partition coefficient (Wildman–Crippen LogP) is 1.86. The van der Waals surface area contributed by atoms with Gasteiger partial charge in [-0.2, -0.15) is 0 Å². The molecule has 1 N–H and O–H groups in total. The van der Waals surface area contributed by atoms with Gasteiger partial charge >= 0.3 is 5.97 Å². The van der Waals surface area contributed by atoms with Crippen molar-refractivity contribution in [1.82, 2.24) is 9.55 Å². The number of carboxylic acid groups (broad SMARTS) is 1. The molecule has 116 valence electrons. The minimum absolute atomic E-state index is 0.244. The summed E-state index contributed by atoms with van der Waals surface area (Å²) in [6.07, 6.45) is 3.19. The van der Waals surface area contributed by atoms with Crippen LogP contribution in [0.1, 0.15) is 26.2 Å². The molecule has 1 fully saturated rings. The van der Waals surface area contributed by atoms with Crippen molar-refractivity contribution < 1.29 is 9.90 Å². The third-order valence-corrected chi connectivity index (χ3v) is 4.20. The Hall–Kier alpha value is -2.37. The molecule has 1 aliphatic rings. The van der Waals surface area contributed by atoms with E-state index in [1.165, 1.54) is 4.57 Å². The van der Waals surface area contributed by atoms with E-state index < -0.39 is 5.97 Å². The maximum Gasteiger partial charge on any atom is 0.323 e. The Morgan fingerprint density at radius 1 is 1.36 bits per heavy atom. The molecule has 0 radical (unpaired) electrons. The Morgan fingerprint density at radius 3 is 2.86 bits per heavy atom. The highest BCUT2D eigenvalue weighted by Crippen LogP contribution is 2.22. The molecule has 2 heterocycles. The molecule has 22 heavy (non-hydrogen) atoms. The Kier molecular flexibility index (Phi) is 3.83. The molecule has 6 heteroatoms. The summed E-state index contributed by atoms with van der Waals surface area (Å²) < 4.78 is 1.31. The van der Waals surface area contributed by atoms with E-state index in [0.29, 0.717) is 16.9 Å². The van der Waals surface area contributed by atoms with E-state index in [0.717, 1.165) is 25.8 Å². The van der Waals surface area contributed by atoms with Gasteiger partial charge in [0.25, 0.3) is 5.56 Å². The number of hydrogen-bond acceptors (Lipinski definition) is 4. The first-order valence-electron chi connectivity index (χ1n) is 7.56. The van der Waals surface area contributed by atoms with Crippen LogP contribution in [0.2, 0.25) is 0 Å². The molecule has 6 nitrogen and oxygen atoms in total. The van der Waals surface area contributed by atoms with E-state index in [1.807, 2.05) is 17.0 Å². The molecule has 1 unspecified atom stereocenters. The second-order valence-corrected chi connectivity index (χ2v) is 5.75. The lowest BCUT2D eigenvalue weighted by Crippen LogP contribution is -2.42. The lowest BCUT2D eigenvalue weighted by molar-refractivity contribution is -0.137. The molecule has 3 rings (SSSR count). The van der Waals surface area contributed by atoms with E-state index in [-0.39, 0.29) is 18.1 Å². The van der Waals surface area contributed by atoms with Crippen molar-refractivity contribution in [3.05, 3.63) is 34.6 Å². The van der Waals surface area contributed by atoms with E-state index >= 15 is 0 Å².